The standard InChI is InChI=1S/C13H14N2O2S/c1-17-12-4-9(6-14)2-3-11(12)15-7-10(8-18)5-13(15)16/h2-4,10,18H,5,7-8H2,1H3. The van der Waals surface area contributed by atoms with Crippen molar-refractivity contribution in [3.05, 3.63) is 23.8 Å². The number of ether oxygens (including phenoxy) is 1. The predicted molar refractivity (Wildman–Crippen MR) is 72.0 cm³/mol. The van der Waals surface area contributed by atoms with Crippen molar-refractivity contribution < 1.29 is 9.53 Å². The summed E-state index contributed by atoms with van der Waals surface area (Å²) in [5.41, 5.74) is 1.25. The number of carbonyl (C=O) groups is 1. The van der Waals surface area contributed by atoms with E-state index < -0.39 is 0 Å². The lowest BCUT2D eigenvalue weighted by Crippen LogP contribution is -2.25. The molecule has 1 saturated heterocycles. The van der Waals surface area contributed by atoms with Crippen LogP contribution >= 0.6 is 12.6 Å². The molecule has 1 aromatic carbocycles. The lowest BCUT2D eigenvalue weighted by molar-refractivity contribution is -0.117. The Bertz CT molecular complexity index is 510. The first-order valence-corrected chi connectivity index (χ1v) is 6.32. The lowest BCUT2D eigenvalue weighted by atomic mass is 10.1. The molecule has 1 aliphatic rings. The van der Waals surface area contributed by atoms with Gasteiger partial charge in [0.15, 0.2) is 0 Å². The van der Waals surface area contributed by atoms with E-state index in [-0.39, 0.29) is 11.8 Å². The van der Waals surface area contributed by atoms with E-state index in [0.717, 1.165) is 5.69 Å². The van der Waals surface area contributed by atoms with Crippen molar-refractivity contribution in [3.63, 3.8) is 0 Å². The molecule has 1 atom stereocenters. The van der Waals surface area contributed by atoms with Crippen LogP contribution in [-0.4, -0.2) is 25.3 Å². The molecule has 0 aromatic heterocycles. The predicted octanol–water partition coefficient (Wildman–Crippen LogP) is 1.85. The van der Waals surface area contributed by atoms with Crippen LogP contribution in [0.1, 0.15) is 12.0 Å². The molecule has 2 rings (SSSR count). The van der Waals surface area contributed by atoms with Gasteiger partial charge in [0.1, 0.15) is 5.75 Å². The molecule has 1 amide bonds. The van der Waals surface area contributed by atoms with E-state index in [9.17, 15) is 4.79 Å². The highest BCUT2D eigenvalue weighted by atomic mass is 32.1. The monoisotopic (exact) mass is 262 g/mol. The van der Waals surface area contributed by atoms with Gasteiger partial charge in [0, 0.05) is 19.0 Å². The van der Waals surface area contributed by atoms with Crippen molar-refractivity contribution in [1.82, 2.24) is 0 Å². The maximum atomic E-state index is 11.9. The Morgan fingerprint density at radius 2 is 2.39 bits per heavy atom. The van der Waals surface area contributed by atoms with Crippen LogP contribution in [0.5, 0.6) is 5.75 Å². The Balaban J connectivity index is 2.34. The number of carbonyl (C=O) groups excluding carboxylic acids is 1. The second-order valence-electron chi connectivity index (χ2n) is 4.26. The van der Waals surface area contributed by atoms with Crippen molar-refractivity contribution in [3.8, 4) is 11.8 Å². The fourth-order valence-corrected chi connectivity index (χ4v) is 2.35. The SMILES string of the molecule is COc1cc(C#N)ccc1N1CC(CS)CC1=O. The second-order valence-corrected chi connectivity index (χ2v) is 4.62. The molecule has 0 bridgehead atoms. The molecule has 0 spiro atoms. The highest BCUT2D eigenvalue weighted by Crippen LogP contribution is 2.33. The van der Waals surface area contributed by atoms with Crippen LogP contribution in [0, 0.1) is 17.2 Å². The number of amides is 1. The van der Waals surface area contributed by atoms with Gasteiger partial charge < -0.3 is 9.64 Å². The fraction of sp³-hybridized carbons (Fsp3) is 0.385. The number of nitrogens with zero attached hydrogens (tertiary/aromatic N) is 2. The molecule has 4 nitrogen and oxygen atoms in total. The van der Waals surface area contributed by atoms with Crippen molar-refractivity contribution in [1.29, 1.82) is 5.26 Å². The molecule has 0 radical (unpaired) electrons. The van der Waals surface area contributed by atoms with Crippen molar-refractivity contribution in [2.75, 3.05) is 24.3 Å². The normalized spacial score (nSPS) is 18.8. The van der Waals surface area contributed by atoms with Gasteiger partial charge in [0.2, 0.25) is 5.91 Å². The number of benzene rings is 1. The number of methoxy groups -OCH3 is 1. The van der Waals surface area contributed by atoms with E-state index in [2.05, 4.69) is 18.7 Å². The Kier molecular flexibility index (Phi) is 3.78. The molecule has 5 heteroatoms. The highest BCUT2D eigenvalue weighted by molar-refractivity contribution is 7.80. The molecule has 0 aliphatic carbocycles. The van der Waals surface area contributed by atoms with E-state index in [1.54, 1.807) is 23.1 Å². The zero-order valence-corrected chi connectivity index (χ0v) is 11.0. The summed E-state index contributed by atoms with van der Waals surface area (Å²) in [6.45, 7) is 0.657. The molecular weight excluding hydrogens is 248 g/mol. The Morgan fingerprint density at radius 3 is 2.94 bits per heavy atom. The molecule has 1 heterocycles. The van der Waals surface area contributed by atoms with E-state index in [1.165, 1.54) is 7.11 Å². The first-order valence-electron chi connectivity index (χ1n) is 5.69. The average Bonchev–Trinajstić information content (AvgIpc) is 2.79. The molecule has 0 N–H and O–H groups in total. The highest BCUT2D eigenvalue weighted by Gasteiger charge is 2.31. The molecule has 0 saturated carbocycles. The Hall–Kier alpha value is -1.67. The van der Waals surface area contributed by atoms with Gasteiger partial charge in [-0.1, -0.05) is 0 Å². The minimum absolute atomic E-state index is 0.0806. The Labute approximate surface area is 112 Å². The quantitative estimate of drug-likeness (QED) is 0.846. The van der Waals surface area contributed by atoms with Crippen molar-refractivity contribution >= 4 is 24.2 Å². The van der Waals surface area contributed by atoms with E-state index in [4.69, 9.17) is 10.00 Å². The fourth-order valence-electron chi connectivity index (χ4n) is 2.11. The summed E-state index contributed by atoms with van der Waals surface area (Å²) in [6.07, 6.45) is 0.520. The van der Waals surface area contributed by atoms with Crippen LogP contribution in [0.2, 0.25) is 0 Å². The van der Waals surface area contributed by atoms with Crippen molar-refractivity contribution in [2.45, 2.75) is 6.42 Å². The summed E-state index contributed by atoms with van der Waals surface area (Å²) in [5, 5.41) is 8.85. The minimum atomic E-state index is 0.0806. The van der Waals surface area contributed by atoms with Crippen LogP contribution in [-0.2, 0) is 4.79 Å². The van der Waals surface area contributed by atoms with Gasteiger partial charge in [-0.05, 0) is 23.8 Å². The summed E-state index contributed by atoms with van der Waals surface area (Å²) < 4.78 is 5.25. The summed E-state index contributed by atoms with van der Waals surface area (Å²) in [7, 11) is 1.54. The van der Waals surface area contributed by atoms with E-state index >= 15 is 0 Å². The molecule has 18 heavy (non-hydrogen) atoms. The van der Waals surface area contributed by atoms with Crippen LogP contribution in [0.3, 0.4) is 0 Å². The number of hydrogen-bond donors (Lipinski definition) is 1. The van der Waals surface area contributed by atoms with Gasteiger partial charge in [-0.25, -0.2) is 0 Å². The van der Waals surface area contributed by atoms with Gasteiger partial charge in [-0.15, -0.1) is 0 Å². The molecule has 1 unspecified atom stereocenters. The molecular formula is C13H14N2O2S. The molecule has 1 aromatic rings. The third kappa shape index (κ3) is 2.29. The van der Waals surface area contributed by atoms with Crippen LogP contribution in [0.15, 0.2) is 18.2 Å². The number of hydrogen-bond acceptors (Lipinski definition) is 4. The number of anilines is 1. The zero-order chi connectivity index (χ0) is 13.1. The summed E-state index contributed by atoms with van der Waals surface area (Å²) in [4.78, 5) is 13.6. The smallest absolute Gasteiger partial charge is 0.227 e. The first kappa shape index (κ1) is 12.8. The van der Waals surface area contributed by atoms with Crippen molar-refractivity contribution in [2.24, 2.45) is 5.92 Å². The van der Waals surface area contributed by atoms with Gasteiger partial charge >= 0.3 is 0 Å². The summed E-state index contributed by atoms with van der Waals surface area (Å²) >= 11 is 4.24. The number of nitriles is 1. The van der Waals surface area contributed by atoms with Gasteiger partial charge in [-0.3, -0.25) is 4.79 Å². The van der Waals surface area contributed by atoms with Crippen LogP contribution < -0.4 is 9.64 Å². The topological polar surface area (TPSA) is 53.3 Å². The first-order chi connectivity index (χ1) is 8.69. The maximum Gasteiger partial charge on any atom is 0.227 e. The molecule has 1 fully saturated rings. The largest absolute Gasteiger partial charge is 0.495 e. The maximum absolute atomic E-state index is 11.9. The third-order valence-electron chi connectivity index (χ3n) is 3.06. The summed E-state index contributed by atoms with van der Waals surface area (Å²) in [6, 6.07) is 7.16. The van der Waals surface area contributed by atoms with E-state index in [0.29, 0.717) is 30.0 Å². The zero-order valence-electron chi connectivity index (χ0n) is 10.1. The minimum Gasteiger partial charge on any atom is -0.495 e. The average molecular weight is 262 g/mol. The Morgan fingerprint density at radius 1 is 1.61 bits per heavy atom. The lowest BCUT2D eigenvalue weighted by Gasteiger charge is -2.19. The van der Waals surface area contributed by atoms with Gasteiger partial charge in [0.25, 0.3) is 0 Å². The molecule has 94 valence electrons. The third-order valence-corrected chi connectivity index (χ3v) is 3.58. The number of thiol groups is 1. The van der Waals surface area contributed by atoms with Gasteiger partial charge in [-0.2, -0.15) is 17.9 Å². The molecule has 1 aliphatic heterocycles. The summed E-state index contributed by atoms with van der Waals surface area (Å²) in [5.74, 6) is 1.61. The van der Waals surface area contributed by atoms with Crippen LogP contribution in [0.4, 0.5) is 5.69 Å². The van der Waals surface area contributed by atoms with E-state index in [1.807, 2.05) is 0 Å². The second kappa shape index (κ2) is 5.32. The number of rotatable bonds is 3. The van der Waals surface area contributed by atoms with Gasteiger partial charge in [0.05, 0.1) is 24.4 Å². The van der Waals surface area contributed by atoms with Crippen LogP contribution in [0.25, 0.3) is 0 Å².